The number of hydrogen-bond donors (Lipinski definition) is 0. The van der Waals surface area contributed by atoms with Gasteiger partial charge in [-0.15, -0.1) is 0 Å². The second-order valence-corrected chi connectivity index (χ2v) is 5.89. The Morgan fingerprint density at radius 3 is 2.76 bits per heavy atom. The van der Waals surface area contributed by atoms with Crippen LogP contribution in [0.1, 0.15) is 24.2 Å². The molecule has 1 saturated heterocycles. The third kappa shape index (κ3) is 3.96. The van der Waals surface area contributed by atoms with Crippen LogP contribution >= 0.6 is 11.6 Å². The zero-order chi connectivity index (χ0) is 15.4. The van der Waals surface area contributed by atoms with Gasteiger partial charge in [0.1, 0.15) is 5.75 Å². The van der Waals surface area contributed by atoms with Gasteiger partial charge in [0.25, 0.3) is 0 Å². The summed E-state index contributed by atoms with van der Waals surface area (Å²) < 4.78 is 5.11. The number of nitrogens with zero attached hydrogens (tertiary/aromatic N) is 2. The van der Waals surface area contributed by atoms with E-state index in [9.17, 15) is 4.79 Å². The summed E-state index contributed by atoms with van der Waals surface area (Å²) in [7, 11) is 1.57. The molecule has 2 rings (SSSR count). The van der Waals surface area contributed by atoms with Gasteiger partial charge in [-0.1, -0.05) is 18.5 Å². The molecule has 0 spiro atoms. The summed E-state index contributed by atoms with van der Waals surface area (Å²) in [5.74, 6) is 0.704. The Hall–Kier alpha value is -1.10. The van der Waals surface area contributed by atoms with Crippen LogP contribution in [0.2, 0.25) is 5.02 Å². The van der Waals surface area contributed by atoms with Crippen molar-refractivity contribution in [2.75, 3.05) is 39.8 Å². The maximum Gasteiger partial charge on any atom is 0.176 e. The molecule has 1 aromatic rings. The number of benzene rings is 1. The van der Waals surface area contributed by atoms with Gasteiger partial charge in [0, 0.05) is 31.2 Å². The number of hydrogen-bond acceptors (Lipinski definition) is 4. The van der Waals surface area contributed by atoms with Crippen molar-refractivity contribution < 1.29 is 9.53 Å². The van der Waals surface area contributed by atoms with Gasteiger partial charge in [-0.3, -0.25) is 14.6 Å². The van der Waals surface area contributed by atoms with Crippen LogP contribution in [0.15, 0.2) is 18.2 Å². The van der Waals surface area contributed by atoms with E-state index in [1.807, 2.05) is 0 Å². The summed E-state index contributed by atoms with van der Waals surface area (Å²) in [4.78, 5) is 17.0. The molecule has 1 aliphatic rings. The first-order chi connectivity index (χ1) is 10.0. The Labute approximate surface area is 131 Å². The lowest BCUT2D eigenvalue weighted by Gasteiger charge is -2.39. The minimum absolute atomic E-state index is 0.108. The number of carbonyl (C=O) groups is 1. The molecule has 1 fully saturated rings. The highest BCUT2D eigenvalue weighted by Gasteiger charge is 2.24. The average Bonchev–Trinajstić information content (AvgIpc) is 2.47. The van der Waals surface area contributed by atoms with Gasteiger partial charge in [-0.2, -0.15) is 0 Å². The normalized spacial score (nSPS) is 20.5. The Morgan fingerprint density at radius 2 is 2.19 bits per heavy atom. The highest BCUT2D eigenvalue weighted by Crippen LogP contribution is 2.25. The number of rotatable bonds is 5. The van der Waals surface area contributed by atoms with Crippen LogP contribution in [0.5, 0.6) is 5.75 Å². The quantitative estimate of drug-likeness (QED) is 0.783. The molecule has 0 N–H and O–H groups in total. The summed E-state index contributed by atoms with van der Waals surface area (Å²) in [6, 6.07) is 5.71. The number of ketones is 1. The van der Waals surface area contributed by atoms with E-state index in [4.69, 9.17) is 16.3 Å². The highest BCUT2D eigenvalue weighted by molar-refractivity contribution is 6.32. The molecule has 0 amide bonds. The van der Waals surface area contributed by atoms with E-state index < -0.39 is 0 Å². The first-order valence-corrected chi connectivity index (χ1v) is 7.76. The van der Waals surface area contributed by atoms with Crippen molar-refractivity contribution in [1.29, 1.82) is 0 Å². The van der Waals surface area contributed by atoms with Crippen LogP contribution in [-0.2, 0) is 0 Å². The van der Waals surface area contributed by atoms with Crippen LogP contribution in [-0.4, -0.2) is 61.5 Å². The molecular formula is C16H23ClN2O2. The standard InChI is InChI=1S/C16H23ClN2O2/c1-4-19-8-7-18(10-12(19)2)11-15(20)13-5-6-16(21-3)14(17)9-13/h5-6,9,12H,4,7-8,10-11H2,1-3H3. The van der Waals surface area contributed by atoms with Gasteiger partial charge >= 0.3 is 0 Å². The zero-order valence-electron chi connectivity index (χ0n) is 12.9. The summed E-state index contributed by atoms with van der Waals surface area (Å²) in [6.45, 7) is 8.80. The topological polar surface area (TPSA) is 32.8 Å². The summed E-state index contributed by atoms with van der Waals surface area (Å²) in [5.41, 5.74) is 0.645. The average molecular weight is 311 g/mol. The van der Waals surface area contributed by atoms with E-state index >= 15 is 0 Å². The number of methoxy groups -OCH3 is 1. The smallest absolute Gasteiger partial charge is 0.176 e. The predicted molar refractivity (Wildman–Crippen MR) is 85.5 cm³/mol. The van der Waals surface area contributed by atoms with Gasteiger partial charge in [0.15, 0.2) is 5.78 Å². The highest BCUT2D eigenvalue weighted by atomic mass is 35.5. The Balaban J connectivity index is 1.97. The van der Waals surface area contributed by atoms with Crippen molar-refractivity contribution >= 4 is 17.4 Å². The molecule has 1 aliphatic heterocycles. The van der Waals surface area contributed by atoms with Crippen molar-refractivity contribution in [2.45, 2.75) is 19.9 Å². The number of piperazine rings is 1. The van der Waals surface area contributed by atoms with Gasteiger partial charge in [0.05, 0.1) is 18.7 Å². The molecule has 116 valence electrons. The number of Topliss-reactive ketones (excluding diaryl/α,β-unsaturated/α-hetero) is 1. The first kappa shape index (κ1) is 16.3. The van der Waals surface area contributed by atoms with E-state index in [2.05, 4.69) is 23.6 Å². The largest absolute Gasteiger partial charge is 0.495 e. The molecule has 1 aromatic carbocycles. The monoisotopic (exact) mass is 310 g/mol. The van der Waals surface area contributed by atoms with Crippen LogP contribution in [0.25, 0.3) is 0 Å². The molecule has 1 unspecified atom stereocenters. The van der Waals surface area contributed by atoms with Crippen molar-refractivity contribution in [3.05, 3.63) is 28.8 Å². The molecule has 0 saturated carbocycles. The third-order valence-electron chi connectivity index (χ3n) is 4.10. The fraction of sp³-hybridized carbons (Fsp3) is 0.562. The molecule has 0 aliphatic carbocycles. The van der Waals surface area contributed by atoms with Crippen LogP contribution in [0.3, 0.4) is 0 Å². The van der Waals surface area contributed by atoms with Crippen molar-refractivity contribution in [3.63, 3.8) is 0 Å². The molecule has 0 radical (unpaired) electrons. The summed E-state index contributed by atoms with van der Waals surface area (Å²) in [6.07, 6.45) is 0. The van der Waals surface area contributed by atoms with Crippen molar-refractivity contribution in [2.24, 2.45) is 0 Å². The number of likely N-dealkylation sites (N-methyl/N-ethyl adjacent to an activating group) is 1. The fourth-order valence-corrected chi connectivity index (χ4v) is 3.08. The van der Waals surface area contributed by atoms with Crippen molar-refractivity contribution in [1.82, 2.24) is 9.80 Å². The van der Waals surface area contributed by atoms with Gasteiger partial charge < -0.3 is 4.74 Å². The molecule has 1 atom stereocenters. The lowest BCUT2D eigenvalue weighted by Crippen LogP contribution is -2.52. The minimum Gasteiger partial charge on any atom is -0.495 e. The van der Waals surface area contributed by atoms with Crippen LogP contribution < -0.4 is 4.74 Å². The third-order valence-corrected chi connectivity index (χ3v) is 4.39. The Kier molecular flexibility index (Phi) is 5.62. The molecule has 1 heterocycles. The summed E-state index contributed by atoms with van der Waals surface area (Å²) >= 11 is 6.08. The van der Waals surface area contributed by atoms with Gasteiger partial charge in [0.2, 0.25) is 0 Å². The van der Waals surface area contributed by atoms with E-state index in [-0.39, 0.29) is 5.78 Å². The Bertz CT molecular complexity index is 507. The number of ether oxygens (including phenoxy) is 1. The predicted octanol–water partition coefficient (Wildman–Crippen LogP) is 2.56. The van der Waals surface area contributed by atoms with Gasteiger partial charge in [-0.25, -0.2) is 0 Å². The van der Waals surface area contributed by atoms with E-state index in [1.54, 1.807) is 25.3 Å². The first-order valence-electron chi connectivity index (χ1n) is 7.38. The van der Waals surface area contributed by atoms with E-state index in [0.717, 1.165) is 26.2 Å². The number of halogens is 1. The SMILES string of the molecule is CCN1CCN(CC(=O)c2ccc(OC)c(Cl)c2)CC1C. The molecule has 0 aromatic heterocycles. The maximum absolute atomic E-state index is 12.4. The molecule has 5 heteroatoms. The Morgan fingerprint density at radius 1 is 1.43 bits per heavy atom. The second kappa shape index (κ2) is 7.25. The molecule has 21 heavy (non-hydrogen) atoms. The van der Waals surface area contributed by atoms with E-state index in [0.29, 0.717) is 28.9 Å². The molecule has 4 nitrogen and oxygen atoms in total. The van der Waals surface area contributed by atoms with Crippen molar-refractivity contribution in [3.8, 4) is 5.75 Å². The molecular weight excluding hydrogens is 288 g/mol. The lowest BCUT2D eigenvalue weighted by atomic mass is 10.1. The van der Waals surface area contributed by atoms with E-state index in [1.165, 1.54) is 0 Å². The molecule has 0 bridgehead atoms. The van der Waals surface area contributed by atoms with Gasteiger partial charge in [-0.05, 0) is 31.7 Å². The number of carbonyl (C=O) groups excluding carboxylic acids is 1. The maximum atomic E-state index is 12.4. The summed E-state index contributed by atoms with van der Waals surface area (Å²) in [5, 5.41) is 0.479. The van der Waals surface area contributed by atoms with Crippen LogP contribution in [0.4, 0.5) is 0 Å². The minimum atomic E-state index is 0.108. The lowest BCUT2D eigenvalue weighted by molar-refractivity contribution is 0.0723. The fourth-order valence-electron chi connectivity index (χ4n) is 2.82. The zero-order valence-corrected chi connectivity index (χ0v) is 13.7. The van der Waals surface area contributed by atoms with Crippen LogP contribution in [0, 0.1) is 0 Å². The second-order valence-electron chi connectivity index (χ2n) is 5.49.